The summed E-state index contributed by atoms with van der Waals surface area (Å²) in [4.78, 5) is 0. The smallest absolute Gasteiger partial charge is 0.137 e. The molecule has 0 fully saturated rings. The van der Waals surface area contributed by atoms with Crippen molar-refractivity contribution in [2.24, 2.45) is 5.92 Å². The minimum Gasteiger partial charge on any atom is -0.312 e. The van der Waals surface area contributed by atoms with Crippen LogP contribution >= 0.6 is 15.9 Å². The van der Waals surface area contributed by atoms with Gasteiger partial charge in [0.25, 0.3) is 0 Å². The van der Waals surface area contributed by atoms with Gasteiger partial charge in [0.15, 0.2) is 0 Å². The Morgan fingerprint density at radius 1 is 1.33 bits per heavy atom. The fourth-order valence-electron chi connectivity index (χ4n) is 1.81. The van der Waals surface area contributed by atoms with Gasteiger partial charge in [0.05, 0.1) is 4.47 Å². The van der Waals surface area contributed by atoms with E-state index in [4.69, 9.17) is 0 Å². The summed E-state index contributed by atoms with van der Waals surface area (Å²) >= 11 is 3.24. The third-order valence-electron chi connectivity index (χ3n) is 3.01. The lowest BCUT2D eigenvalue weighted by atomic mass is 9.95. The Labute approximate surface area is 118 Å². The van der Waals surface area contributed by atoms with Crippen LogP contribution in [0.2, 0.25) is 0 Å². The summed E-state index contributed by atoms with van der Waals surface area (Å²) < 4.78 is 13.7. The molecule has 0 heterocycles. The Morgan fingerprint density at radius 3 is 2.50 bits per heavy atom. The lowest BCUT2D eigenvalue weighted by Gasteiger charge is -2.25. The topological polar surface area (TPSA) is 12.0 Å². The molecule has 3 heteroatoms. The van der Waals surface area contributed by atoms with E-state index < -0.39 is 0 Å². The van der Waals surface area contributed by atoms with Gasteiger partial charge in [0.2, 0.25) is 0 Å². The molecule has 1 N–H and O–H groups in total. The number of halogens is 2. The third kappa shape index (κ3) is 5.49. The summed E-state index contributed by atoms with van der Waals surface area (Å²) in [6, 6.07) is 5.29. The van der Waals surface area contributed by atoms with E-state index in [9.17, 15) is 4.39 Å². The molecule has 1 unspecified atom stereocenters. The normalized spacial score (nSPS) is 13.7. The van der Waals surface area contributed by atoms with Crippen molar-refractivity contribution >= 4 is 15.9 Å². The molecule has 18 heavy (non-hydrogen) atoms. The molecule has 1 nitrogen and oxygen atoms in total. The van der Waals surface area contributed by atoms with Crippen LogP contribution in [0.25, 0.3) is 0 Å². The maximum atomic E-state index is 13.2. The highest BCUT2D eigenvalue weighted by molar-refractivity contribution is 9.10. The van der Waals surface area contributed by atoms with E-state index in [0.29, 0.717) is 10.4 Å². The summed E-state index contributed by atoms with van der Waals surface area (Å²) in [5, 5.41) is 3.53. The van der Waals surface area contributed by atoms with Gasteiger partial charge in [-0.15, -0.1) is 0 Å². The van der Waals surface area contributed by atoms with E-state index in [0.717, 1.165) is 19.4 Å². The maximum Gasteiger partial charge on any atom is 0.137 e. The molecule has 1 rings (SSSR count). The van der Waals surface area contributed by atoms with Crippen molar-refractivity contribution in [3.05, 3.63) is 34.1 Å². The first kappa shape index (κ1) is 15.6. The predicted octanol–water partition coefficient (Wildman–Crippen LogP) is 4.55. The Balaban J connectivity index is 2.59. The Kier molecular flexibility index (Phi) is 5.80. The van der Waals surface area contributed by atoms with Gasteiger partial charge in [-0.25, -0.2) is 4.39 Å². The molecule has 0 aromatic heterocycles. The van der Waals surface area contributed by atoms with Crippen LogP contribution in [0.1, 0.15) is 39.7 Å². The van der Waals surface area contributed by atoms with Crippen LogP contribution in [-0.4, -0.2) is 12.1 Å². The van der Waals surface area contributed by atoms with Crippen LogP contribution in [0.5, 0.6) is 0 Å². The number of benzene rings is 1. The predicted molar refractivity (Wildman–Crippen MR) is 79.3 cm³/mol. The number of hydrogen-bond acceptors (Lipinski definition) is 1. The zero-order valence-corrected chi connectivity index (χ0v) is 13.3. The highest BCUT2D eigenvalue weighted by Gasteiger charge is 2.14. The van der Waals surface area contributed by atoms with Gasteiger partial charge >= 0.3 is 0 Å². The highest BCUT2D eigenvalue weighted by atomic mass is 79.9. The van der Waals surface area contributed by atoms with Crippen LogP contribution < -0.4 is 5.32 Å². The van der Waals surface area contributed by atoms with E-state index in [-0.39, 0.29) is 11.4 Å². The van der Waals surface area contributed by atoms with Gasteiger partial charge in [0, 0.05) is 5.54 Å². The monoisotopic (exact) mass is 315 g/mol. The van der Waals surface area contributed by atoms with E-state index in [1.165, 1.54) is 11.6 Å². The van der Waals surface area contributed by atoms with Crippen LogP contribution in [0.3, 0.4) is 0 Å². The standard InChI is InChI=1S/C15H23BrFN/c1-5-11(10-18-15(2,3)4)8-12-6-7-14(17)13(16)9-12/h6-7,9,11,18H,5,8,10H2,1-4H3. The first-order valence-electron chi connectivity index (χ1n) is 6.50. The summed E-state index contributed by atoms with van der Waals surface area (Å²) in [7, 11) is 0. The molecule has 0 aliphatic carbocycles. The zero-order valence-electron chi connectivity index (χ0n) is 11.7. The summed E-state index contributed by atoms with van der Waals surface area (Å²) in [5.74, 6) is 0.390. The van der Waals surface area contributed by atoms with Gasteiger partial charge in [-0.3, -0.25) is 0 Å². The zero-order chi connectivity index (χ0) is 13.8. The van der Waals surface area contributed by atoms with Gasteiger partial charge in [-0.05, 0) is 73.3 Å². The van der Waals surface area contributed by atoms with Crippen molar-refractivity contribution in [3.63, 3.8) is 0 Å². The number of nitrogens with one attached hydrogen (secondary N) is 1. The molecule has 1 atom stereocenters. The van der Waals surface area contributed by atoms with Crippen LogP contribution in [0.15, 0.2) is 22.7 Å². The molecular weight excluding hydrogens is 293 g/mol. The molecule has 102 valence electrons. The average molecular weight is 316 g/mol. The molecule has 0 saturated carbocycles. The van der Waals surface area contributed by atoms with Gasteiger partial charge in [-0.2, -0.15) is 0 Å². The fraction of sp³-hybridized carbons (Fsp3) is 0.600. The Morgan fingerprint density at radius 2 is 2.00 bits per heavy atom. The first-order chi connectivity index (χ1) is 8.31. The second-order valence-corrected chi connectivity index (χ2v) is 6.71. The SMILES string of the molecule is CCC(CNC(C)(C)C)Cc1ccc(F)c(Br)c1. The van der Waals surface area contributed by atoms with Crippen molar-refractivity contribution in [1.82, 2.24) is 5.32 Å². The molecule has 0 bridgehead atoms. The third-order valence-corrected chi connectivity index (χ3v) is 3.61. The number of hydrogen-bond donors (Lipinski definition) is 1. The maximum absolute atomic E-state index is 13.2. The molecule has 0 aliphatic heterocycles. The van der Waals surface area contributed by atoms with E-state index in [1.54, 1.807) is 0 Å². The molecular formula is C15H23BrFN. The first-order valence-corrected chi connectivity index (χ1v) is 7.30. The fourth-order valence-corrected chi connectivity index (χ4v) is 2.24. The van der Waals surface area contributed by atoms with Gasteiger partial charge in [-0.1, -0.05) is 19.4 Å². The van der Waals surface area contributed by atoms with E-state index in [1.807, 2.05) is 12.1 Å². The second kappa shape index (κ2) is 6.67. The molecule has 1 aromatic rings. The summed E-state index contributed by atoms with van der Waals surface area (Å²) in [5.41, 5.74) is 1.34. The van der Waals surface area contributed by atoms with Crippen LogP contribution in [0.4, 0.5) is 4.39 Å². The Bertz CT molecular complexity index is 385. The molecule has 0 amide bonds. The summed E-state index contributed by atoms with van der Waals surface area (Å²) in [6.07, 6.45) is 2.11. The largest absolute Gasteiger partial charge is 0.312 e. The second-order valence-electron chi connectivity index (χ2n) is 5.86. The minimum atomic E-state index is -0.195. The molecule has 0 spiro atoms. The van der Waals surface area contributed by atoms with Crippen molar-refractivity contribution in [2.75, 3.05) is 6.54 Å². The van der Waals surface area contributed by atoms with E-state index >= 15 is 0 Å². The lowest BCUT2D eigenvalue weighted by Crippen LogP contribution is -2.39. The van der Waals surface area contributed by atoms with Crippen LogP contribution in [0, 0.1) is 11.7 Å². The van der Waals surface area contributed by atoms with Crippen LogP contribution in [-0.2, 0) is 6.42 Å². The lowest BCUT2D eigenvalue weighted by molar-refractivity contribution is 0.363. The van der Waals surface area contributed by atoms with Crippen molar-refractivity contribution in [2.45, 2.75) is 46.1 Å². The van der Waals surface area contributed by atoms with Crippen molar-refractivity contribution in [1.29, 1.82) is 0 Å². The van der Waals surface area contributed by atoms with E-state index in [2.05, 4.69) is 48.9 Å². The Hall–Kier alpha value is -0.410. The van der Waals surface area contributed by atoms with Crippen molar-refractivity contribution in [3.8, 4) is 0 Å². The minimum absolute atomic E-state index is 0.150. The molecule has 0 aliphatic rings. The van der Waals surface area contributed by atoms with Crippen molar-refractivity contribution < 1.29 is 4.39 Å². The molecule has 0 radical (unpaired) electrons. The highest BCUT2D eigenvalue weighted by Crippen LogP contribution is 2.20. The average Bonchev–Trinajstić information content (AvgIpc) is 2.28. The molecule has 0 saturated heterocycles. The quantitative estimate of drug-likeness (QED) is 0.840. The molecule has 1 aromatic carbocycles. The number of rotatable bonds is 5. The van der Waals surface area contributed by atoms with Gasteiger partial charge in [0.1, 0.15) is 5.82 Å². The van der Waals surface area contributed by atoms with Gasteiger partial charge < -0.3 is 5.32 Å². The summed E-state index contributed by atoms with van der Waals surface area (Å²) in [6.45, 7) is 9.72.